The molecule has 0 aliphatic heterocycles. The Morgan fingerprint density at radius 3 is 2.90 bits per heavy atom. The first-order valence-corrected chi connectivity index (χ1v) is 6.21. The van der Waals surface area contributed by atoms with E-state index in [0.717, 1.165) is 0 Å². The Bertz CT molecular complexity index is 628. The minimum Gasteiger partial charge on any atom is -0.467 e. The molecule has 21 heavy (non-hydrogen) atoms. The van der Waals surface area contributed by atoms with Gasteiger partial charge in [-0.1, -0.05) is 12.1 Å². The van der Waals surface area contributed by atoms with Crippen molar-refractivity contribution in [1.82, 2.24) is 14.9 Å². The minimum atomic E-state index is -0.910. The van der Waals surface area contributed by atoms with Crippen LogP contribution in [0.4, 0.5) is 9.18 Å². The van der Waals surface area contributed by atoms with Gasteiger partial charge in [-0.2, -0.15) is 0 Å². The Balaban J connectivity index is 2.11. The number of hydrogen-bond donors (Lipinski definition) is 1. The third-order valence-corrected chi connectivity index (χ3v) is 2.85. The zero-order valence-corrected chi connectivity index (χ0v) is 11.3. The zero-order chi connectivity index (χ0) is 15.2. The third-order valence-electron chi connectivity index (χ3n) is 2.85. The maximum absolute atomic E-state index is 13.2. The largest absolute Gasteiger partial charge is 0.467 e. The Kier molecular flexibility index (Phi) is 4.65. The highest BCUT2D eigenvalue weighted by molar-refractivity contribution is 5.84. The lowest BCUT2D eigenvalue weighted by molar-refractivity contribution is -0.142. The quantitative estimate of drug-likeness (QED) is 0.863. The van der Waals surface area contributed by atoms with Crippen molar-refractivity contribution in [2.75, 3.05) is 7.11 Å². The maximum atomic E-state index is 13.2. The SMILES string of the molecule is COC(=O)C(Cc1cccc(F)c1)NC(=O)n1ccnc1. The van der Waals surface area contributed by atoms with E-state index in [1.54, 1.807) is 6.07 Å². The van der Waals surface area contributed by atoms with Crippen molar-refractivity contribution in [3.05, 3.63) is 54.4 Å². The van der Waals surface area contributed by atoms with Gasteiger partial charge in [0, 0.05) is 18.8 Å². The second-order valence-corrected chi connectivity index (χ2v) is 4.33. The van der Waals surface area contributed by atoms with Crippen LogP contribution in [0.1, 0.15) is 5.56 Å². The van der Waals surface area contributed by atoms with Gasteiger partial charge in [0.25, 0.3) is 0 Å². The first-order chi connectivity index (χ1) is 10.1. The summed E-state index contributed by atoms with van der Waals surface area (Å²) in [6, 6.07) is 4.39. The van der Waals surface area contributed by atoms with Crippen LogP contribution in [0.2, 0.25) is 0 Å². The van der Waals surface area contributed by atoms with E-state index < -0.39 is 23.9 Å². The molecule has 1 aromatic heterocycles. The number of imidazole rings is 1. The van der Waals surface area contributed by atoms with Crippen molar-refractivity contribution >= 4 is 12.0 Å². The highest BCUT2D eigenvalue weighted by atomic mass is 19.1. The molecule has 0 saturated heterocycles. The summed E-state index contributed by atoms with van der Waals surface area (Å²) in [6.07, 6.45) is 4.34. The van der Waals surface area contributed by atoms with E-state index in [1.807, 2.05) is 0 Å². The Morgan fingerprint density at radius 2 is 2.29 bits per heavy atom. The van der Waals surface area contributed by atoms with Gasteiger partial charge in [0.2, 0.25) is 0 Å². The molecule has 1 atom stereocenters. The van der Waals surface area contributed by atoms with Crippen molar-refractivity contribution in [3.8, 4) is 0 Å². The molecule has 2 rings (SSSR count). The molecule has 0 fully saturated rings. The molecule has 1 heterocycles. The summed E-state index contributed by atoms with van der Waals surface area (Å²) in [4.78, 5) is 27.4. The fraction of sp³-hybridized carbons (Fsp3) is 0.214. The van der Waals surface area contributed by atoms with Crippen LogP contribution in [0.25, 0.3) is 0 Å². The van der Waals surface area contributed by atoms with Gasteiger partial charge >= 0.3 is 12.0 Å². The summed E-state index contributed by atoms with van der Waals surface area (Å²) in [5.74, 6) is -1.01. The monoisotopic (exact) mass is 291 g/mol. The number of hydrogen-bond acceptors (Lipinski definition) is 4. The standard InChI is InChI=1S/C14H14FN3O3/c1-21-13(19)12(8-10-3-2-4-11(15)7-10)17-14(20)18-6-5-16-9-18/h2-7,9,12H,8H2,1H3,(H,17,20). The van der Waals surface area contributed by atoms with Gasteiger partial charge in [-0.3, -0.25) is 4.57 Å². The molecule has 1 aromatic carbocycles. The smallest absolute Gasteiger partial charge is 0.328 e. The van der Waals surface area contributed by atoms with Crippen LogP contribution in [0.3, 0.4) is 0 Å². The second-order valence-electron chi connectivity index (χ2n) is 4.33. The van der Waals surface area contributed by atoms with Crippen LogP contribution in [0.5, 0.6) is 0 Å². The number of methoxy groups -OCH3 is 1. The maximum Gasteiger partial charge on any atom is 0.328 e. The lowest BCUT2D eigenvalue weighted by atomic mass is 10.1. The van der Waals surface area contributed by atoms with Crippen molar-refractivity contribution in [2.24, 2.45) is 0 Å². The first kappa shape index (κ1) is 14.7. The molecule has 7 heteroatoms. The van der Waals surface area contributed by atoms with Crippen molar-refractivity contribution in [3.63, 3.8) is 0 Å². The first-order valence-electron chi connectivity index (χ1n) is 6.21. The molecular weight excluding hydrogens is 277 g/mol. The lowest BCUT2D eigenvalue weighted by Crippen LogP contribution is -2.44. The zero-order valence-electron chi connectivity index (χ0n) is 11.3. The summed E-state index contributed by atoms with van der Waals surface area (Å²) in [5, 5.41) is 2.53. The van der Waals surface area contributed by atoms with E-state index in [1.165, 1.54) is 48.6 Å². The normalized spacial score (nSPS) is 11.7. The van der Waals surface area contributed by atoms with Gasteiger partial charge in [-0.05, 0) is 17.7 Å². The van der Waals surface area contributed by atoms with E-state index in [0.29, 0.717) is 5.56 Å². The van der Waals surface area contributed by atoms with Gasteiger partial charge in [-0.15, -0.1) is 0 Å². The summed E-state index contributed by atoms with van der Waals surface area (Å²) >= 11 is 0. The number of carbonyl (C=O) groups is 2. The summed E-state index contributed by atoms with van der Waals surface area (Å²) in [5.41, 5.74) is 0.580. The van der Waals surface area contributed by atoms with Crippen molar-refractivity contribution in [1.29, 1.82) is 0 Å². The number of esters is 1. The van der Waals surface area contributed by atoms with Gasteiger partial charge < -0.3 is 10.1 Å². The summed E-state index contributed by atoms with van der Waals surface area (Å²) in [6.45, 7) is 0. The van der Waals surface area contributed by atoms with Crippen LogP contribution >= 0.6 is 0 Å². The lowest BCUT2D eigenvalue weighted by Gasteiger charge is -2.16. The molecule has 1 unspecified atom stereocenters. The second kappa shape index (κ2) is 6.65. The average Bonchev–Trinajstić information content (AvgIpc) is 3.00. The van der Waals surface area contributed by atoms with Crippen LogP contribution < -0.4 is 5.32 Å². The van der Waals surface area contributed by atoms with Crippen molar-refractivity contribution < 1.29 is 18.7 Å². The number of amides is 1. The van der Waals surface area contributed by atoms with Gasteiger partial charge in [0.15, 0.2) is 0 Å². The number of halogens is 1. The fourth-order valence-corrected chi connectivity index (χ4v) is 1.84. The number of carbonyl (C=O) groups excluding carboxylic acids is 2. The molecule has 0 bridgehead atoms. The van der Waals surface area contributed by atoms with E-state index >= 15 is 0 Å². The number of ether oxygens (including phenoxy) is 1. The van der Waals surface area contributed by atoms with E-state index in [2.05, 4.69) is 15.0 Å². The predicted molar refractivity (Wildman–Crippen MR) is 72.1 cm³/mol. The summed E-state index contributed by atoms with van der Waals surface area (Å²) in [7, 11) is 1.23. The Morgan fingerprint density at radius 1 is 1.48 bits per heavy atom. The van der Waals surface area contributed by atoms with Crippen LogP contribution in [-0.4, -0.2) is 34.7 Å². The molecule has 0 radical (unpaired) electrons. The highest BCUT2D eigenvalue weighted by Gasteiger charge is 2.22. The molecule has 1 amide bonds. The van der Waals surface area contributed by atoms with E-state index in [4.69, 9.17) is 0 Å². The number of rotatable bonds is 4. The highest BCUT2D eigenvalue weighted by Crippen LogP contribution is 2.08. The molecule has 6 nitrogen and oxygen atoms in total. The summed E-state index contributed by atoms with van der Waals surface area (Å²) < 4.78 is 19.0. The average molecular weight is 291 g/mol. The molecule has 0 aliphatic rings. The van der Waals surface area contributed by atoms with E-state index in [9.17, 15) is 14.0 Å². The van der Waals surface area contributed by atoms with Gasteiger partial charge in [0.05, 0.1) is 7.11 Å². The molecule has 2 aromatic rings. The minimum absolute atomic E-state index is 0.130. The number of nitrogens with one attached hydrogen (secondary N) is 1. The predicted octanol–water partition coefficient (Wildman–Crippen LogP) is 1.36. The Hall–Kier alpha value is -2.70. The molecule has 1 N–H and O–H groups in total. The van der Waals surface area contributed by atoms with E-state index in [-0.39, 0.29) is 6.42 Å². The van der Waals surface area contributed by atoms with Gasteiger partial charge in [0.1, 0.15) is 18.2 Å². The van der Waals surface area contributed by atoms with Crippen LogP contribution in [-0.2, 0) is 16.0 Å². The van der Waals surface area contributed by atoms with Crippen molar-refractivity contribution in [2.45, 2.75) is 12.5 Å². The molecule has 110 valence electrons. The number of aromatic nitrogens is 2. The third kappa shape index (κ3) is 3.88. The van der Waals surface area contributed by atoms with Gasteiger partial charge in [-0.25, -0.2) is 19.0 Å². The molecular formula is C14H14FN3O3. The van der Waals surface area contributed by atoms with Crippen LogP contribution in [0.15, 0.2) is 43.0 Å². The number of nitrogens with zero attached hydrogens (tertiary/aromatic N) is 2. The fourth-order valence-electron chi connectivity index (χ4n) is 1.84. The number of benzene rings is 1. The Labute approximate surface area is 120 Å². The topological polar surface area (TPSA) is 73.2 Å². The molecule has 0 saturated carbocycles. The van der Waals surface area contributed by atoms with Crippen LogP contribution in [0, 0.1) is 5.82 Å². The molecule has 0 spiro atoms. The molecule has 0 aliphatic carbocycles.